The van der Waals surface area contributed by atoms with Crippen molar-refractivity contribution in [2.75, 3.05) is 46.1 Å². The number of guanidine groups is 1. The minimum atomic E-state index is 0. The molecule has 1 aliphatic carbocycles. The molecule has 0 saturated heterocycles. The van der Waals surface area contributed by atoms with Gasteiger partial charge in [-0.2, -0.15) is 0 Å². The molecule has 6 heteroatoms. The molecule has 0 heterocycles. The van der Waals surface area contributed by atoms with Gasteiger partial charge >= 0.3 is 0 Å². The molecule has 0 aromatic rings. The van der Waals surface area contributed by atoms with Crippen LogP contribution in [-0.2, 0) is 9.47 Å². The Morgan fingerprint density at radius 2 is 1.80 bits per heavy atom. The van der Waals surface area contributed by atoms with Crippen LogP contribution in [0, 0.1) is 11.3 Å². The topological polar surface area (TPSA) is 54.9 Å². The van der Waals surface area contributed by atoms with Gasteiger partial charge in [0, 0.05) is 39.5 Å². The van der Waals surface area contributed by atoms with Gasteiger partial charge in [0.25, 0.3) is 0 Å². The van der Waals surface area contributed by atoms with Gasteiger partial charge in [0.2, 0.25) is 0 Å². The average molecular weight is 469 g/mol. The van der Waals surface area contributed by atoms with E-state index in [0.717, 1.165) is 58.4 Å². The molecule has 1 aliphatic rings. The molecule has 0 atom stereocenters. The van der Waals surface area contributed by atoms with Gasteiger partial charge in [0.1, 0.15) is 0 Å². The summed E-state index contributed by atoms with van der Waals surface area (Å²) in [6, 6.07) is 0. The van der Waals surface area contributed by atoms with Crippen molar-refractivity contribution >= 4 is 29.9 Å². The first-order valence-corrected chi connectivity index (χ1v) is 9.79. The number of ether oxygens (including phenoxy) is 2. The monoisotopic (exact) mass is 469 g/mol. The maximum absolute atomic E-state index is 5.63. The van der Waals surface area contributed by atoms with E-state index >= 15 is 0 Å². The maximum atomic E-state index is 5.63. The number of rotatable bonds is 12. The maximum Gasteiger partial charge on any atom is 0.191 e. The van der Waals surface area contributed by atoms with Crippen molar-refractivity contribution in [3.8, 4) is 0 Å². The highest BCUT2D eigenvalue weighted by Gasteiger charge is 2.33. The van der Waals surface area contributed by atoms with Gasteiger partial charge in [-0.25, -0.2) is 0 Å². The highest BCUT2D eigenvalue weighted by molar-refractivity contribution is 14.0. The third kappa shape index (κ3) is 11.3. The Balaban J connectivity index is 0.00000576. The van der Waals surface area contributed by atoms with Gasteiger partial charge in [0.15, 0.2) is 5.96 Å². The first-order chi connectivity index (χ1) is 11.6. The lowest BCUT2D eigenvalue weighted by Crippen LogP contribution is -2.40. The summed E-state index contributed by atoms with van der Waals surface area (Å²) in [5.41, 5.74) is 0.339. The highest BCUT2D eigenvalue weighted by Crippen LogP contribution is 2.41. The van der Waals surface area contributed by atoms with E-state index in [2.05, 4.69) is 38.3 Å². The highest BCUT2D eigenvalue weighted by atomic mass is 127. The minimum absolute atomic E-state index is 0. The van der Waals surface area contributed by atoms with Gasteiger partial charge in [-0.3, -0.25) is 4.99 Å². The van der Waals surface area contributed by atoms with Crippen molar-refractivity contribution in [1.82, 2.24) is 10.6 Å². The van der Waals surface area contributed by atoms with Crippen LogP contribution in [0.15, 0.2) is 4.99 Å². The summed E-state index contributed by atoms with van der Waals surface area (Å²) >= 11 is 0. The number of hydrogen-bond donors (Lipinski definition) is 2. The molecule has 0 aromatic carbocycles. The molecule has 0 unspecified atom stereocenters. The summed E-state index contributed by atoms with van der Waals surface area (Å²) in [7, 11) is 0. The van der Waals surface area contributed by atoms with E-state index in [0.29, 0.717) is 11.3 Å². The summed E-state index contributed by atoms with van der Waals surface area (Å²) in [6.45, 7) is 14.3. The second kappa shape index (κ2) is 15.0. The van der Waals surface area contributed by atoms with E-state index in [1.165, 1.54) is 25.7 Å². The molecule has 2 N–H and O–H groups in total. The number of nitrogens with zero attached hydrogens (tertiary/aromatic N) is 1. The van der Waals surface area contributed by atoms with E-state index in [9.17, 15) is 0 Å². The van der Waals surface area contributed by atoms with Crippen molar-refractivity contribution in [1.29, 1.82) is 0 Å². The fourth-order valence-electron chi connectivity index (χ4n) is 3.19. The summed E-state index contributed by atoms with van der Waals surface area (Å²) in [4.78, 5) is 4.86. The second-order valence-electron chi connectivity index (χ2n) is 7.24. The van der Waals surface area contributed by atoms with Crippen LogP contribution in [0.2, 0.25) is 0 Å². The molecular weight excluding hydrogens is 429 g/mol. The zero-order valence-corrected chi connectivity index (χ0v) is 19.1. The Kier molecular flexibility index (Phi) is 15.0. The molecule has 0 aromatic heterocycles. The molecule has 150 valence electrons. The lowest BCUT2D eigenvalue weighted by Gasteiger charge is -2.27. The fourth-order valence-corrected chi connectivity index (χ4v) is 3.19. The zero-order valence-electron chi connectivity index (χ0n) is 16.7. The predicted molar refractivity (Wildman–Crippen MR) is 117 cm³/mol. The number of aliphatic imine (C=N–C) groups is 1. The third-order valence-electron chi connectivity index (χ3n) is 4.55. The van der Waals surface area contributed by atoms with Crippen LogP contribution in [0.4, 0.5) is 0 Å². The minimum Gasteiger partial charge on any atom is -0.382 e. The van der Waals surface area contributed by atoms with Crippen LogP contribution in [0.25, 0.3) is 0 Å². The molecule has 0 bridgehead atoms. The Morgan fingerprint density at radius 3 is 2.40 bits per heavy atom. The van der Waals surface area contributed by atoms with Gasteiger partial charge in [0.05, 0.1) is 6.61 Å². The van der Waals surface area contributed by atoms with Crippen molar-refractivity contribution in [3.63, 3.8) is 0 Å². The molecular formula is C19H40IN3O2. The summed E-state index contributed by atoms with van der Waals surface area (Å²) in [5.74, 6) is 1.49. The van der Waals surface area contributed by atoms with E-state index in [1.54, 1.807) is 0 Å². The molecule has 0 spiro atoms. The van der Waals surface area contributed by atoms with Gasteiger partial charge in [-0.1, -0.05) is 26.7 Å². The van der Waals surface area contributed by atoms with Crippen molar-refractivity contribution < 1.29 is 9.47 Å². The smallest absolute Gasteiger partial charge is 0.191 e. The van der Waals surface area contributed by atoms with Crippen LogP contribution in [0.5, 0.6) is 0 Å². The molecule has 0 radical (unpaired) electrons. The molecule has 0 aliphatic heterocycles. The molecule has 1 fully saturated rings. The standard InChI is InChI=1S/C19H39N3O2.HI/c1-5-20-18(21-12-14-24-15-17(3)4)22-16-19(9-7-8-10-19)11-13-23-6-2;/h17H,5-16H2,1-4H3,(H2,20,21,22);1H. The zero-order chi connectivity index (χ0) is 17.7. The van der Waals surface area contributed by atoms with Crippen LogP contribution < -0.4 is 10.6 Å². The second-order valence-corrected chi connectivity index (χ2v) is 7.24. The van der Waals surface area contributed by atoms with Crippen LogP contribution in [0.1, 0.15) is 59.8 Å². The van der Waals surface area contributed by atoms with E-state index in [4.69, 9.17) is 14.5 Å². The number of nitrogens with one attached hydrogen (secondary N) is 2. The Hall–Kier alpha value is -0.0800. The lowest BCUT2D eigenvalue weighted by atomic mass is 9.83. The summed E-state index contributed by atoms with van der Waals surface area (Å²) in [6.07, 6.45) is 6.34. The van der Waals surface area contributed by atoms with Crippen molar-refractivity contribution in [2.45, 2.75) is 59.8 Å². The Bertz CT molecular complexity index is 346. The fraction of sp³-hybridized carbons (Fsp3) is 0.947. The molecule has 0 amide bonds. The van der Waals surface area contributed by atoms with Crippen molar-refractivity contribution in [3.05, 3.63) is 0 Å². The normalized spacial score (nSPS) is 16.8. The predicted octanol–water partition coefficient (Wildman–Crippen LogP) is 3.82. The van der Waals surface area contributed by atoms with Gasteiger partial charge < -0.3 is 20.1 Å². The first kappa shape index (κ1) is 24.9. The third-order valence-corrected chi connectivity index (χ3v) is 4.55. The van der Waals surface area contributed by atoms with Gasteiger partial charge in [-0.05, 0) is 44.4 Å². The first-order valence-electron chi connectivity index (χ1n) is 9.79. The Morgan fingerprint density at radius 1 is 1.08 bits per heavy atom. The number of halogens is 1. The SMILES string of the molecule is CCNC(=NCC1(CCOCC)CCCC1)NCCOCC(C)C.I. The van der Waals surface area contributed by atoms with E-state index in [1.807, 2.05) is 0 Å². The van der Waals surface area contributed by atoms with Crippen LogP contribution >= 0.6 is 24.0 Å². The quantitative estimate of drug-likeness (QED) is 0.198. The van der Waals surface area contributed by atoms with E-state index < -0.39 is 0 Å². The molecule has 25 heavy (non-hydrogen) atoms. The Labute approximate surface area is 172 Å². The molecule has 1 saturated carbocycles. The summed E-state index contributed by atoms with van der Waals surface area (Å²) < 4.78 is 11.2. The van der Waals surface area contributed by atoms with Crippen LogP contribution in [0.3, 0.4) is 0 Å². The van der Waals surface area contributed by atoms with E-state index in [-0.39, 0.29) is 24.0 Å². The lowest BCUT2D eigenvalue weighted by molar-refractivity contribution is 0.107. The average Bonchev–Trinajstić information content (AvgIpc) is 3.01. The summed E-state index contributed by atoms with van der Waals surface area (Å²) in [5, 5.41) is 6.73. The van der Waals surface area contributed by atoms with Crippen molar-refractivity contribution in [2.24, 2.45) is 16.3 Å². The largest absolute Gasteiger partial charge is 0.382 e. The van der Waals surface area contributed by atoms with Gasteiger partial charge in [-0.15, -0.1) is 24.0 Å². The molecule has 1 rings (SSSR count). The van der Waals surface area contributed by atoms with Crippen LogP contribution in [-0.4, -0.2) is 52.0 Å². The molecule has 5 nitrogen and oxygen atoms in total. The number of hydrogen-bond acceptors (Lipinski definition) is 3.